The van der Waals surface area contributed by atoms with Crippen LogP contribution in [0.5, 0.6) is 0 Å². The van der Waals surface area contributed by atoms with Crippen LogP contribution in [-0.2, 0) is 11.3 Å². The zero-order valence-electron chi connectivity index (χ0n) is 15.5. The Morgan fingerprint density at radius 2 is 1.71 bits per heavy atom. The van der Waals surface area contributed by atoms with E-state index in [2.05, 4.69) is 15.1 Å². The number of pyridine rings is 2. The number of aliphatic carboxylic acids is 1. The monoisotopic (exact) mass is 436 g/mol. The van der Waals surface area contributed by atoms with Crippen LogP contribution >= 0.6 is 0 Å². The highest BCUT2D eigenvalue weighted by Gasteiger charge is 2.38. The molecule has 11 heteroatoms. The second-order valence-corrected chi connectivity index (χ2v) is 6.18. The fraction of sp³-hybridized carbons (Fsp3) is 0.100. The van der Waals surface area contributed by atoms with Crippen molar-refractivity contribution in [3.05, 3.63) is 78.4 Å². The van der Waals surface area contributed by atoms with Crippen molar-refractivity contribution in [2.75, 3.05) is 0 Å². The molecule has 0 saturated carbocycles. The first-order valence-corrected chi connectivity index (χ1v) is 8.62. The van der Waals surface area contributed by atoms with Gasteiger partial charge in [0.2, 0.25) is 0 Å². The Kier molecular flexibility index (Phi) is 6.23. The van der Waals surface area contributed by atoms with Crippen LogP contribution in [0.1, 0.15) is 5.69 Å². The largest absolute Gasteiger partial charge is 0.490 e. The lowest BCUT2D eigenvalue weighted by Crippen LogP contribution is -2.21. The quantitative estimate of drug-likeness (QED) is 0.480. The number of carboxylic acid groups (broad SMARTS) is 1. The van der Waals surface area contributed by atoms with E-state index in [4.69, 9.17) is 9.90 Å². The van der Waals surface area contributed by atoms with Gasteiger partial charge in [-0.1, -0.05) is 12.1 Å². The summed E-state index contributed by atoms with van der Waals surface area (Å²) in [4.78, 5) is 17.5. The number of alkyl halides is 3. The molecule has 6 nitrogen and oxygen atoms in total. The van der Waals surface area contributed by atoms with E-state index >= 15 is 0 Å². The molecule has 1 aromatic carbocycles. The van der Waals surface area contributed by atoms with E-state index in [1.54, 1.807) is 23.3 Å². The summed E-state index contributed by atoms with van der Waals surface area (Å²) in [6.45, 7) is 0.507. The summed E-state index contributed by atoms with van der Waals surface area (Å²) in [6, 6.07) is 11.4. The van der Waals surface area contributed by atoms with Gasteiger partial charge in [-0.2, -0.15) is 18.3 Å². The first-order valence-electron chi connectivity index (χ1n) is 8.62. The zero-order chi connectivity index (χ0) is 22.6. The van der Waals surface area contributed by atoms with Crippen LogP contribution in [0, 0.1) is 11.6 Å². The number of halogens is 5. The lowest BCUT2D eigenvalue weighted by atomic mass is 10.1. The SMILES string of the molecule is Fc1ccc(-c2cnc3cnn(Cc4ccccn4)c3c2)cc1F.O=C(O)C(F)(F)F. The van der Waals surface area contributed by atoms with Crippen molar-refractivity contribution in [1.82, 2.24) is 19.7 Å². The zero-order valence-corrected chi connectivity index (χ0v) is 15.5. The van der Waals surface area contributed by atoms with Crippen molar-refractivity contribution in [1.29, 1.82) is 0 Å². The van der Waals surface area contributed by atoms with Crippen LogP contribution in [0.25, 0.3) is 22.2 Å². The van der Waals surface area contributed by atoms with Crippen LogP contribution in [0.15, 0.2) is 61.1 Å². The third-order valence-corrected chi connectivity index (χ3v) is 4.03. The fourth-order valence-corrected chi connectivity index (χ4v) is 2.56. The fourth-order valence-electron chi connectivity index (χ4n) is 2.56. The van der Waals surface area contributed by atoms with Gasteiger partial charge in [0.1, 0.15) is 5.52 Å². The van der Waals surface area contributed by atoms with E-state index in [9.17, 15) is 22.0 Å². The smallest absolute Gasteiger partial charge is 0.475 e. The van der Waals surface area contributed by atoms with Gasteiger partial charge >= 0.3 is 12.1 Å². The van der Waals surface area contributed by atoms with Gasteiger partial charge in [0.05, 0.1) is 24.0 Å². The second-order valence-electron chi connectivity index (χ2n) is 6.18. The van der Waals surface area contributed by atoms with Crippen molar-refractivity contribution >= 4 is 17.0 Å². The highest BCUT2D eigenvalue weighted by Crippen LogP contribution is 2.24. The number of aromatic nitrogens is 4. The summed E-state index contributed by atoms with van der Waals surface area (Å²) in [5.74, 6) is -4.50. The Labute approximate surface area is 171 Å². The molecule has 0 spiro atoms. The van der Waals surface area contributed by atoms with Gasteiger partial charge in [-0.3, -0.25) is 14.6 Å². The summed E-state index contributed by atoms with van der Waals surface area (Å²) in [7, 11) is 0. The number of nitrogens with zero attached hydrogens (tertiary/aromatic N) is 4. The van der Waals surface area contributed by atoms with Crippen molar-refractivity contribution in [3.8, 4) is 11.1 Å². The molecule has 0 atom stereocenters. The number of hydrogen-bond donors (Lipinski definition) is 1. The van der Waals surface area contributed by atoms with E-state index < -0.39 is 23.8 Å². The molecule has 0 bridgehead atoms. The van der Waals surface area contributed by atoms with E-state index in [1.807, 2.05) is 24.3 Å². The molecule has 0 aliphatic heterocycles. The Morgan fingerprint density at radius 1 is 0.968 bits per heavy atom. The molecule has 31 heavy (non-hydrogen) atoms. The topological polar surface area (TPSA) is 80.9 Å². The average Bonchev–Trinajstić information content (AvgIpc) is 3.12. The number of hydrogen-bond acceptors (Lipinski definition) is 4. The average molecular weight is 436 g/mol. The second kappa shape index (κ2) is 8.86. The Balaban J connectivity index is 0.000000339. The molecule has 0 aliphatic carbocycles. The Bertz CT molecular complexity index is 1210. The predicted molar refractivity (Wildman–Crippen MR) is 99.9 cm³/mol. The first kappa shape index (κ1) is 21.8. The lowest BCUT2D eigenvalue weighted by molar-refractivity contribution is -0.192. The summed E-state index contributed by atoms with van der Waals surface area (Å²) < 4.78 is 60.1. The maximum absolute atomic E-state index is 13.5. The molecule has 3 heterocycles. The van der Waals surface area contributed by atoms with E-state index in [1.165, 1.54) is 6.07 Å². The highest BCUT2D eigenvalue weighted by molar-refractivity contribution is 5.80. The maximum atomic E-state index is 13.5. The lowest BCUT2D eigenvalue weighted by Gasteiger charge is -2.05. The van der Waals surface area contributed by atoms with Gasteiger partial charge in [0, 0.05) is 18.0 Å². The number of fused-ring (bicyclic) bond motifs is 1. The van der Waals surface area contributed by atoms with Crippen LogP contribution in [-0.4, -0.2) is 37.0 Å². The standard InChI is InChI=1S/C18H12F2N4.C2HF3O2/c19-15-5-4-12(7-16(15)20)13-8-18-17(22-9-13)10-23-24(18)11-14-3-1-2-6-21-14;3-2(4,5)1(6)7/h1-10H,11H2;(H,6,7). The third-order valence-electron chi connectivity index (χ3n) is 4.03. The Hall–Kier alpha value is -3.89. The molecule has 0 radical (unpaired) electrons. The number of carboxylic acids is 1. The van der Waals surface area contributed by atoms with Crippen molar-refractivity contribution in [3.63, 3.8) is 0 Å². The molecule has 0 fully saturated rings. The molecule has 4 rings (SSSR count). The molecule has 160 valence electrons. The molecule has 0 saturated heterocycles. The summed E-state index contributed by atoms with van der Waals surface area (Å²) in [5.41, 5.74) is 3.68. The van der Waals surface area contributed by atoms with Gasteiger partial charge in [0.25, 0.3) is 0 Å². The third kappa shape index (κ3) is 5.38. The predicted octanol–water partition coefficient (Wildman–Crippen LogP) is 4.45. The Morgan fingerprint density at radius 3 is 2.32 bits per heavy atom. The van der Waals surface area contributed by atoms with Crippen molar-refractivity contribution < 1.29 is 31.9 Å². The minimum absolute atomic E-state index is 0.507. The van der Waals surface area contributed by atoms with Gasteiger partial charge < -0.3 is 5.11 Å². The minimum Gasteiger partial charge on any atom is -0.475 e. The maximum Gasteiger partial charge on any atom is 0.490 e. The molecule has 0 unspecified atom stereocenters. The normalized spacial score (nSPS) is 11.1. The molecule has 0 amide bonds. The van der Waals surface area contributed by atoms with Gasteiger partial charge in [-0.15, -0.1) is 0 Å². The van der Waals surface area contributed by atoms with Crippen LogP contribution in [0.2, 0.25) is 0 Å². The summed E-state index contributed by atoms with van der Waals surface area (Å²) in [6.07, 6.45) is -0.0545. The molecular weight excluding hydrogens is 423 g/mol. The van der Waals surface area contributed by atoms with Crippen LogP contribution in [0.4, 0.5) is 22.0 Å². The number of rotatable bonds is 3. The van der Waals surface area contributed by atoms with E-state index in [-0.39, 0.29) is 0 Å². The molecule has 1 N–H and O–H groups in total. The van der Waals surface area contributed by atoms with Gasteiger partial charge in [-0.05, 0) is 35.9 Å². The first-order chi connectivity index (χ1) is 14.6. The molecule has 3 aromatic heterocycles. The van der Waals surface area contributed by atoms with E-state index in [0.717, 1.165) is 28.9 Å². The summed E-state index contributed by atoms with van der Waals surface area (Å²) in [5, 5.41) is 11.5. The van der Waals surface area contributed by atoms with Crippen LogP contribution in [0.3, 0.4) is 0 Å². The molecular formula is C20H13F5N4O2. The molecule has 4 aromatic rings. The van der Waals surface area contributed by atoms with E-state index in [0.29, 0.717) is 17.7 Å². The van der Waals surface area contributed by atoms with Crippen molar-refractivity contribution in [2.24, 2.45) is 0 Å². The molecule has 0 aliphatic rings. The van der Waals surface area contributed by atoms with Gasteiger partial charge in [-0.25, -0.2) is 13.6 Å². The van der Waals surface area contributed by atoms with Crippen LogP contribution < -0.4 is 0 Å². The van der Waals surface area contributed by atoms with Gasteiger partial charge in [0.15, 0.2) is 11.6 Å². The number of carbonyl (C=O) groups is 1. The highest BCUT2D eigenvalue weighted by atomic mass is 19.4. The minimum atomic E-state index is -5.08. The summed E-state index contributed by atoms with van der Waals surface area (Å²) >= 11 is 0. The number of benzene rings is 1. The van der Waals surface area contributed by atoms with Crippen molar-refractivity contribution in [2.45, 2.75) is 12.7 Å².